The zero-order valence-electron chi connectivity index (χ0n) is 15.8. The van der Waals surface area contributed by atoms with Crippen LogP contribution < -0.4 is 5.32 Å². The van der Waals surface area contributed by atoms with Gasteiger partial charge in [0, 0.05) is 22.7 Å². The molecule has 2 aromatic carbocycles. The van der Waals surface area contributed by atoms with Crippen molar-refractivity contribution in [3.8, 4) is 21.8 Å². The summed E-state index contributed by atoms with van der Waals surface area (Å²) in [6.45, 7) is 1.83. The molecule has 30 heavy (non-hydrogen) atoms. The molecular formula is C22H15FN4OS2. The minimum Gasteiger partial charge on any atom is -0.305 e. The number of amides is 1. The van der Waals surface area contributed by atoms with E-state index in [0.29, 0.717) is 22.1 Å². The van der Waals surface area contributed by atoms with Crippen LogP contribution in [0.2, 0.25) is 0 Å². The van der Waals surface area contributed by atoms with Gasteiger partial charge in [0.05, 0.1) is 5.69 Å². The van der Waals surface area contributed by atoms with E-state index in [1.165, 1.54) is 34.8 Å². The summed E-state index contributed by atoms with van der Waals surface area (Å²) in [7, 11) is 0. The molecule has 0 fully saturated rings. The summed E-state index contributed by atoms with van der Waals surface area (Å²) >= 11 is 2.82. The lowest BCUT2D eigenvalue weighted by Gasteiger charge is -2.06. The third kappa shape index (κ3) is 3.30. The SMILES string of the molecule is Cc1nc(-c2ccccc2)sc1C(=O)Nc1c(-c2ccc(F)cc2)nc2sccn12. The number of halogens is 1. The van der Waals surface area contributed by atoms with Gasteiger partial charge in [-0.2, -0.15) is 0 Å². The van der Waals surface area contributed by atoms with Crippen LogP contribution in [0.4, 0.5) is 10.2 Å². The number of hydrogen-bond donors (Lipinski definition) is 1. The molecular weight excluding hydrogens is 419 g/mol. The van der Waals surface area contributed by atoms with E-state index in [2.05, 4.69) is 15.3 Å². The molecule has 0 saturated carbocycles. The van der Waals surface area contributed by atoms with Gasteiger partial charge in [-0.25, -0.2) is 14.4 Å². The number of carbonyl (C=O) groups is 1. The number of nitrogens with one attached hydrogen (secondary N) is 1. The first kappa shape index (κ1) is 18.7. The Morgan fingerprint density at radius 3 is 2.57 bits per heavy atom. The Hall–Kier alpha value is -3.36. The number of benzene rings is 2. The maximum Gasteiger partial charge on any atom is 0.268 e. The van der Waals surface area contributed by atoms with E-state index < -0.39 is 0 Å². The van der Waals surface area contributed by atoms with Gasteiger partial charge < -0.3 is 5.32 Å². The van der Waals surface area contributed by atoms with Crippen molar-refractivity contribution in [2.75, 3.05) is 5.32 Å². The highest BCUT2D eigenvalue weighted by Gasteiger charge is 2.21. The molecule has 0 aliphatic rings. The van der Waals surface area contributed by atoms with Gasteiger partial charge in [-0.05, 0) is 31.2 Å². The molecule has 3 heterocycles. The monoisotopic (exact) mass is 434 g/mol. The largest absolute Gasteiger partial charge is 0.305 e. The minimum absolute atomic E-state index is 0.247. The quantitative estimate of drug-likeness (QED) is 0.384. The molecule has 8 heteroatoms. The number of hydrogen-bond acceptors (Lipinski definition) is 5. The highest BCUT2D eigenvalue weighted by atomic mass is 32.1. The molecule has 0 aliphatic carbocycles. The van der Waals surface area contributed by atoms with Crippen molar-refractivity contribution < 1.29 is 9.18 Å². The molecule has 0 atom stereocenters. The van der Waals surface area contributed by atoms with Crippen molar-refractivity contribution in [1.82, 2.24) is 14.4 Å². The predicted molar refractivity (Wildman–Crippen MR) is 119 cm³/mol. The maximum absolute atomic E-state index is 13.4. The van der Waals surface area contributed by atoms with Crippen LogP contribution in [0.15, 0.2) is 66.2 Å². The Morgan fingerprint density at radius 2 is 1.80 bits per heavy atom. The second-order valence-corrected chi connectivity index (χ2v) is 8.50. The number of carbonyl (C=O) groups excluding carboxylic acids is 1. The van der Waals surface area contributed by atoms with Crippen LogP contribution in [0.3, 0.4) is 0 Å². The van der Waals surface area contributed by atoms with Gasteiger partial charge in [-0.1, -0.05) is 30.3 Å². The van der Waals surface area contributed by atoms with Crippen molar-refractivity contribution in [2.24, 2.45) is 0 Å². The number of aryl methyl sites for hydroxylation is 1. The van der Waals surface area contributed by atoms with E-state index in [-0.39, 0.29) is 11.7 Å². The number of nitrogens with zero attached hydrogens (tertiary/aromatic N) is 3. The Morgan fingerprint density at radius 1 is 1.03 bits per heavy atom. The summed E-state index contributed by atoms with van der Waals surface area (Å²) in [5, 5.41) is 5.70. The molecule has 5 nitrogen and oxygen atoms in total. The van der Waals surface area contributed by atoms with Gasteiger partial charge in [0.1, 0.15) is 27.2 Å². The molecule has 3 aromatic heterocycles. The lowest BCUT2D eigenvalue weighted by Crippen LogP contribution is -2.13. The van der Waals surface area contributed by atoms with E-state index in [0.717, 1.165) is 21.1 Å². The number of fused-ring (bicyclic) bond motifs is 1. The summed E-state index contributed by atoms with van der Waals surface area (Å²) in [6.07, 6.45) is 1.85. The number of rotatable bonds is 4. The molecule has 1 N–H and O–H groups in total. The lowest BCUT2D eigenvalue weighted by atomic mass is 10.1. The fourth-order valence-electron chi connectivity index (χ4n) is 3.19. The zero-order chi connectivity index (χ0) is 20.7. The van der Waals surface area contributed by atoms with Crippen molar-refractivity contribution in [2.45, 2.75) is 6.92 Å². The van der Waals surface area contributed by atoms with Crippen molar-refractivity contribution in [3.63, 3.8) is 0 Å². The standard InChI is InChI=1S/C22H15FN4OS2/c1-13-18(30-21(24-13)15-5-3-2-4-6-15)20(28)26-19-17(14-7-9-16(23)10-8-14)25-22-27(19)11-12-29-22/h2-12H,1H3,(H,26,28). The smallest absolute Gasteiger partial charge is 0.268 e. The highest BCUT2D eigenvalue weighted by molar-refractivity contribution is 7.17. The highest BCUT2D eigenvalue weighted by Crippen LogP contribution is 2.33. The third-order valence-electron chi connectivity index (χ3n) is 4.64. The third-order valence-corrected chi connectivity index (χ3v) is 6.60. The predicted octanol–water partition coefficient (Wildman–Crippen LogP) is 5.89. The fourth-order valence-corrected chi connectivity index (χ4v) is 4.87. The Kier molecular flexibility index (Phi) is 4.65. The van der Waals surface area contributed by atoms with Crippen LogP contribution in [-0.4, -0.2) is 20.3 Å². The molecule has 5 rings (SSSR count). The first-order valence-electron chi connectivity index (χ1n) is 9.16. The van der Waals surface area contributed by atoms with E-state index >= 15 is 0 Å². The molecule has 5 aromatic rings. The number of anilines is 1. The van der Waals surface area contributed by atoms with Gasteiger partial charge in [-0.3, -0.25) is 9.20 Å². The van der Waals surface area contributed by atoms with E-state index in [1.807, 2.05) is 53.2 Å². The van der Waals surface area contributed by atoms with Crippen LogP contribution >= 0.6 is 22.7 Å². The molecule has 0 unspecified atom stereocenters. The second-order valence-electron chi connectivity index (χ2n) is 6.63. The first-order chi connectivity index (χ1) is 14.6. The molecule has 0 bridgehead atoms. The fraction of sp³-hybridized carbons (Fsp3) is 0.0455. The van der Waals surface area contributed by atoms with Crippen LogP contribution in [0.25, 0.3) is 26.8 Å². The van der Waals surface area contributed by atoms with Gasteiger partial charge in [-0.15, -0.1) is 22.7 Å². The summed E-state index contributed by atoms with van der Waals surface area (Å²) < 4.78 is 15.2. The number of thiazole rings is 2. The summed E-state index contributed by atoms with van der Waals surface area (Å²) in [6, 6.07) is 15.9. The van der Waals surface area contributed by atoms with Gasteiger partial charge in [0.15, 0.2) is 4.96 Å². The topological polar surface area (TPSA) is 59.3 Å². The van der Waals surface area contributed by atoms with Crippen molar-refractivity contribution in [3.05, 3.63) is 82.6 Å². The van der Waals surface area contributed by atoms with Crippen molar-refractivity contribution >= 4 is 39.4 Å². The first-order valence-corrected chi connectivity index (χ1v) is 10.9. The maximum atomic E-state index is 13.4. The van der Waals surface area contributed by atoms with E-state index in [4.69, 9.17) is 0 Å². The molecule has 0 spiro atoms. The Bertz CT molecular complexity index is 1350. The lowest BCUT2D eigenvalue weighted by molar-refractivity contribution is 0.102. The second kappa shape index (κ2) is 7.47. The Labute approximate surface area is 179 Å². The van der Waals surface area contributed by atoms with Gasteiger partial charge >= 0.3 is 0 Å². The van der Waals surface area contributed by atoms with Crippen LogP contribution in [0.1, 0.15) is 15.4 Å². The summed E-state index contributed by atoms with van der Waals surface area (Å²) in [5.41, 5.74) is 2.97. The molecule has 1 amide bonds. The average molecular weight is 435 g/mol. The van der Waals surface area contributed by atoms with Crippen LogP contribution in [0.5, 0.6) is 0 Å². The number of aromatic nitrogens is 3. The minimum atomic E-state index is -0.320. The zero-order valence-corrected chi connectivity index (χ0v) is 17.4. The molecule has 148 valence electrons. The molecule has 0 aliphatic heterocycles. The molecule has 0 saturated heterocycles. The van der Waals surface area contributed by atoms with Crippen LogP contribution in [0, 0.1) is 12.7 Å². The van der Waals surface area contributed by atoms with Crippen molar-refractivity contribution in [1.29, 1.82) is 0 Å². The van der Waals surface area contributed by atoms with E-state index in [9.17, 15) is 9.18 Å². The summed E-state index contributed by atoms with van der Waals surface area (Å²) in [5.74, 6) is -0.0143. The van der Waals surface area contributed by atoms with Crippen LogP contribution in [-0.2, 0) is 0 Å². The van der Waals surface area contributed by atoms with E-state index in [1.54, 1.807) is 12.1 Å². The van der Waals surface area contributed by atoms with Gasteiger partial charge in [0.2, 0.25) is 0 Å². The summed E-state index contributed by atoms with van der Waals surface area (Å²) in [4.78, 5) is 23.6. The Balaban J connectivity index is 1.52. The number of imidazole rings is 1. The molecule has 0 radical (unpaired) electrons. The normalized spacial score (nSPS) is 11.1. The van der Waals surface area contributed by atoms with Gasteiger partial charge in [0.25, 0.3) is 5.91 Å². The average Bonchev–Trinajstić information content (AvgIpc) is 3.45.